The van der Waals surface area contributed by atoms with Gasteiger partial charge < -0.3 is 4.74 Å². The van der Waals surface area contributed by atoms with Gasteiger partial charge in [-0.1, -0.05) is 0 Å². The minimum atomic E-state index is -0.983. The standard InChI is InChI=1S/C12H9F2NO5/c13-6-1-2-9(14)7(3-6)11(16)5-20-12(17)8-4-10(8)15(18)19/h1-3,8,10H,4-5H2. The number of rotatable bonds is 5. The molecule has 0 N–H and O–H groups in total. The maximum absolute atomic E-state index is 13.3. The molecule has 2 rings (SSSR count). The van der Waals surface area contributed by atoms with Crippen LogP contribution in [0.1, 0.15) is 16.8 Å². The van der Waals surface area contributed by atoms with Crippen LogP contribution in [0.3, 0.4) is 0 Å². The van der Waals surface area contributed by atoms with E-state index < -0.39 is 52.4 Å². The van der Waals surface area contributed by atoms with E-state index in [1.807, 2.05) is 0 Å². The fourth-order valence-corrected chi connectivity index (χ4v) is 1.70. The SMILES string of the molecule is O=C(COC(=O)C1CC1[N+](=O)[O-])c1cc(F)ccc1F. The second-order valence-electron chi connectivity index (χ2n) is 4.35. The Balaban J connectivity index is 1.91. The largest absolute Gasteiger partial charge is 0.457 e. The molecule has 0 heterocycles. The number of nitrogens with zero attached hydrogens (tertiary/aromatic N) is 1. The lowest BCUT2D eigenvalue weighted by atomic mass is 10.1. The van der Waals surface area contributed by atoms with Crippen LogP contribution in [0, 0.1) is 27.7 Å². The van der Waals surface area contributed by atoms with Crippen molar-refractivity contribution in [3.05, 3.63) is 45.5 Å². The fraction of sp³-hybridized carbons (Fsp3) is 0.333. The van der Waals surface area contributed by atoms with E-state index in [9.17, 15) is 28.5 Å². The maximum Gasteiger partial charge on any atom is 0.316 e. The molecule has 0 amide bonds. The Morgan fingerprint density at radius 1 is 1.40 bits per heavy atom. The molecule has 1 aliphatic rings. The molecule has 106 valence electrons. The third-order valence-electron chi connectivity index (χ3n) is 2.90. The first-order chi connectivity index (χ1) is 9.40. The Morgan fingerprint density at radius 3 is 2.70 bits per heavy atom. The van der Waals surface area contributed by atoms with Crippen LogP contribution >= 0.6 is 0 Å². The Kier molecular flexibility index (Phi) is 3.73. The summed E-state index contributed by atoms with van der Waals surface area (Å²) in [6.07, 6.45) is 0.0638. The van der Waals surface area contributed by atoms with Gasteiger partial charge in [-0.15, -0.1) is 0 Å². The third-order valence-corrected chi connectivity index (χ3v) is 2.90. The number of ketones is 1. The van der Waals surface area contributed by atoms with E-state index in [1.165, 1.54) is 0 Å². The van der Waals surface area contributed by atoms with Gasteiger partial charge in [-0.05, 0) is 18.2 Å². The van der Waals surface area contributed by atoms with Crippen LogP contribution in [0.2, 0.25) is 0 Å². The lowest BCUT2D eigenvalue weighted by Crippen LogP contribution is -2.19. The van der Waals surface area contributed by atoms with Crippen molar-refractivity contribution in [1.29, 1.82) is 0 Å². The molecule has 1 aromatic rings. The topological polar surface area (TPSA) is 86.5 Å². The van der Waals surface area contributed by atoms with E-state index in [-0.39, 0.29) is 6.42 Å². The van der Waals surface area contributed by atoms with Gasteiger partial charge in [-0.2, -0.15) is 0 Å². The normalized spacial score (nSPS) is 20.3. The van der Waals surface area contributed by atoms with E-state index in [1.54, 1.807) is 0 Å². The first-order valence-corrected chi connectivity index (χ1v) is 5.68. The van der Waals surface area contributed by atoms with Gasteiger partial charge in [0.25, 0.3) is 0 Å². The van der Waals surface area contributed by atoms with Crippen molar-refractivity contribution in [2.45, 2.75) is 12.5 Å². The average molecular weight is 285 g/mol. The van der Waals surface area contributed by atoms with Gasteiger partial charge in [-0.25, -0.2) is 8.78 Å². The minimum Gasteiger partial charge on any atom is -0.457 e. The second-order valence-corrected chi connectivity index (χ2v) is 4.35. The highest BCUT2D eigenvalue weighted by Gasteiger charge is 2.54. The van der Waals surface area contributed by atoms with E-state index in [4.69, 9.17) is 0 Å². The molecule has 0 saturated heterocycles. The van der Waals surface area contributed by atoms with Crippen LogP contribution in [0.15, 0.2) is 18.2 Å². The quantitative estimate of drug-likeness (QED) is 0.353. The predicted molar refractivity (Wildman–Crippen MR) is 60.5 cm³/mol. The molecular formula is C12H9F2NO5. The van der Waals surface area contributed by atoms with Gasteiger partial charge >= 0.3 is 5.97 Å². The van der Waals surface area contributed by atoms with Crippen LogP contribution in [-0.4, -0.2) is 29.3 Å². The number of Topliss-reactive ketones (excluding diaryl/α,β-unsaturated/α-hetero) is 1. The third kappa shape index (κ3) is 2.95. The zero-order valence-corrected chi connectivity index (χ0v) is 10.0. The molecule has 0 bridgehead atoms. The van der Waals surface area contributed by atoms with Crippen LogP contribution in [0.5, 0.6) is 0 Å². The molecular weight excluding hydrogens is 276 g/mol. The van der Waals surface area contributed by atoms with Crippen molar-refractivity contribution in [1.82, 2.24) is 0 Å². The summed E-state index contributed by atoms with van der Waals surface area (Å²) >= 11 is 0. The van der Waals surface area contributed by atoms with Crippen molar-refractivity contribution in [3.8, 4) is 0 Å². The number of esters is 1. The van der Waals surface area contributed by atoms with Crippen LogP contribution in [0.4, 0.5) is 8.78 Å². The van der Waals surface area contributed by atoms with Crippen molar-refractivity contribution in [3.63, 3.8) is 0 Å². The summed E-state index contributed by atoms with van der Waals surface area (Å²) in [5.41, 5.74) is -0.528. The molecule has 6 nitrogen and oxygen atoms in total. The summed E-state index contributed by atoms with van der Waals surface area (Å²) in [6.45, 7) is -0.778. The van der Waals surface area contributed by atoms with Gasteiger partial charge in [0, 0.05) is 11.3 Å². The van der Waals surface area contributed by atoms with Crippen molar-refractivity contribution < 1.29 is 28.0 Å². The Bertz CT molecular complexity index is 589. The summed E-state index contributed by atoms with van der Waals surface area (Å²) < 4.78 is 30.7. The number of benzene rings is 1. The number of carbonyl (C=O) groups excluding carboxylic acids is 2. The lowest BCUT2D eigenvalue weighted by Gasteiger charge is -2.04. The molecule has 1 saturated carbocycles. The van der Waals surface area contributed by atoms with E-state index in [2.05, 4.69) is 4.74 Å². The Morgan fingerprint density at radius 2 is 2.10 bits per heavy atom. The molecule has 2 atom stereocenters. The molecule has 8 heteroatoms. The highest BCUT2D eigenvalue weighted by molar-refractivity contribution is 5.98. The number of hydrogen-bond acceptors (Lipinski definition) is 5. The smallest absolute Gasteiger partial charge is 0.316 e. The molecule has 1 aliphatic carbocycles. The first-order valence-electron chi connectivity index (χ1n) is 5.68. The van der Waals surface area contributed by atoms with E-state index in [0.717, 1.165) is 12.1 Å². The first kappa shape index (κ1) is 14.0. The van der Waals surface area contributed by atoms with Crippen molar-refractivity contribution >= 4 is 11.8 Å². The van der Waals surface area contributed by atoms with E-state index in [0.29, 0.717) is 6.07 Å². The van der Waals surface area contributed by atoms with Crippen LogP contribution < -0.4 is 0 Å². The Labute approximate surface area is 111 Å². The number of halogens is 2. The van der Waals surface area contributed by atoms with Crippen LogP contribution in [-0.2, 0) is 9.53 Å². The molecule has 0 spiro atoms. The number of carbonyl (C=O) groups is 2. The number of nitro groups is 1. The number of hydrogen-bond donors (Lipinski definition) is 0. The molecule has 0 aliphatic heterocycles. The molecule has 0 radical (unpaired) electrons. The van der Waals surface area contributed by atoms with Gasteiger partial charge in [0.15, 0.2) is 6.61 Å². The van der Waals surface area contributed by atoms with Gasteiger partial charge in [0.1, 0.15) is 17.6 Å². The fourth-order valence-electron chi connectivity index (χ4n) is 1.70. The minimum absolute atomic E-state index is 0.0638. The lowest BCUT2D eigenvalue weighted by molar-refractivity contribution is -0.497. The second kappa shape index (κ2) is 5.32. The van der Waals surface area contributed by atoms with Gasteiger partial charge in [-0.3, -0.25) is 19.7 Å². The summed E-state index contributed by atoms with van der Waals surface area (Å²) in [4.78, 5) is 32.7. The van der Waals surface area contributed by atoms with Gasteiger partial charge in [0.05, 0.1) is 5.56 Å². The van der Waals surface area contributed by atoms with E-state index >= 15 is 0 Å². The highest BCUT2D eigenvalue weighted by Crippen LogP contribution is 2.34. The average Bonchev–Trinajstić information content (AvgIpc) is 3.19. The summed E-state index contributed by atoms with van der Waals surface area (Å²) in [5.74, 6) is -4.38. The summed E-state index contributed by atoms with van der Waals surface area (Å²) in [7, 11) is 0. The van der Waals surface area contributed by atoms with Crippen LogP contribution in [0.25, 0.3) is 0 Å². The molecule has 20 heavy (non-hydrogen) atoms. The predicted octanol–water partition coefficient (Wildman–Crippen LogP) is 1.36. The molecule has 0 aromatic heterocycles. The molecule has 1 aromatic carbocycles. The maximum atomic E-state index is 13.3. The molecule has 1 fully saturated rings. The summed E-state index contributed by atoms with van der Waals surface area (Å²) in [6, 6.07) is 1.35. The zero-order chi connectivity index (χ0) is 14.9. The molecule has 2 unspecified atom stereocenters. The number of ether oxygens (including phenoxy) is 1. The van der Waals surface area contributed by atoms with Gasteiger partial charge in [0.2, 0.25) is 11.8 Å². The van der Waals surface area contributed by atoms with Crippen molar-refractivity contribution in [2.75, 3.05) is 6.61 Å². The monoisotopic (exact) mass is 285 g/mol. The van der Waals surface area contributed by atoms with Crippen molar-refractivity contribution in [2.24, 2.45) is 5.92 Å². The Hall–Kier alpha value is -2.38. The highest BCUT2D eigenvalue weighted by atomic mass is 19.1. The zero-order valence-electron chi connectivity index (χ0n) is 10.0. The summed E-state index contributed by atoms with van der Waals surface area (Å²) in [5, 5.41) is 10.4.